The summed E-state index contributed by atoms with van der Waals surface area (Å²) >= 11 is 0. The van der Waals surface area contributed by atoms with Gasteiger partial charge in [0.15, 0.2) is 0 Å². The molecule has 0 heterocycles. The molecule has 1 atom stereocenters. The molecule has 0 aliphatic carbocycles. The van der Waals surface area contributed by atoms with Gasteiger partial charge in [-0.2, -0.15) is 0 Å². The van der Waals surface area contributed by atoms with E-state index in [0.717, 1.165) is 24.3 Å². The van der Waals surface area contributed by atoms with Crippen LogP contribution in [0.4, 0.5) is 0 Å². The largest absolute Gasteiger partial charge is 0.496 e. The van der Waals surface area contributed by atoms with E-state index < -0.39 is 0 Å². The predicted molar refractivity (Wildman–Crippen MR) is 78.8 cm³/mol. The number of benzene rings is 1. The van der Waals surface area contributed by atoms with E-state index in [1.807, 2.05) is 18.2 Å². The van der Waals surface area contributed by atoms with Gasteiger partial charge >= 0.3 is 0 Å². The summed E-state index contributed by atoms with van der Waals surface area (Å²) < 4.78 is 10.8. The number of ether oxygens (including phenoxy) is 2. The molecular weight excluding hydrogens is 236 g/mol. The van der Waals surface area contributed by atoms with Crippen molar-refractivity contribution in [1.29, 1.82) is 0 Å². The summed E-state index contributed by atoms with van der Waals surface area (Å²) in [5, 5.41) is 0. The molecule has 1 unspecified atom stereocenters. The van der Waals surface area contributed by atoms with Crippen LogP contribution in [-0.4, -0.2) is 13.7 Å². The summed E-state index contributed by atoms with van der Waals surface area (Å²) in [5.74, 6) is 1.81. The number of hydrogen-bond donors (Lipinski definition) is 0. The molecule has 1 rings (SSSR count). The van der Waals surface area contributed by atoms with E-state index in [1.54, 1.807) is 7.11 Å². The van der Waals surface area contributed by atoms with Crippen LogP contribution in [0.2, 0.25) is 0 Å². The van der Waals surface area contributed by atoms with E-state index in [1.165, 1.54) is 19.3 Å². The van der Waals surface area contributed by atoms with Crippen LogP contribution in [0.25, 0.3) is 5.76 Å². The highest BCUT2D eigenvalue weighted by atomic mass is 16.5. The molecule has 0 bridgehead atoms. The van der Waals surface area contributed by atoms with Gasteiger partial charge < -0.3 is 9.47 Å². The highest BCUT2D eigenvalue weighted by Crippen LogP contribution is 2.20. The van der Waals surface area contributed by atoms with Crippen molar-refractivity contribution >= 4 is 5.76 Å². The van der Waals surface area contributed by atoms with Gasteiger partial charge in [0.1, 0.15) is 11.5 Å². The lowest BCUT2D eigenvalue weighted by molar-refractivity contribution is 0.233. The lowest BCUT2D eigenvalue weighted by Crippen LogP contribution is -2.11. The molecule has 104 valence electrons. The summed E-state index contributed by atoms with van der Waals surface area (Å²) in [6.45, 7) is 10.9. The van der Waals surface area contributed by atoms with Crippen LogP contribution in [0.15, 0.2) is 18.2 Å². The standard InChI is InChI=1S/C17H24O2/c1-5-7-9-15(6-2)13-19-17-11-8-10-16(12-17)14(3)18-4/h3,8,11-12,15H,5-7,9,13H2,1-2,4H3. The summed E-state index contributed by atoms with van der Waals surface area (Å²) in [6.07, 6.45) is 4.88. The van der Waals surface area contributed by atoms with Crippen molar-refractivity contribution in [3.05, 3.63) is 36.4 Å². The molecule has 1 aromatic carbocycles. The van der Waals surface area contributed by atoms with E-state index in [9.17, 15) is 0 Å². The average molecular weight is 260 g/mol. The fourth-order valence-corrected chi connectivity index (χ4v) is 1.90. The molecule has 2 heteroatoms. The van der Waals surface area contributed by atoms with E-state index in [4.69, 9.17) is 16.1 Å². The lowest BCUT2D eigenvalue weighted by Gasteiger charge is -2.16. The third-order valence-corrected chi connectivity index (χ3v) is 3.29. The first-order valence-electron chi connectivity index (χ1n) is 7.02. The quantitative estimate of drug-likeness (QED) is 0.608. The van der Waals surface area contributed by atoms with Crippen molar-refractivity contribution in [2.75, 3.05) is 13.7 Å². The van der Waals surface area contributed by atoms with Crippen LogP contribution in [0, 0.1) is 18.6 Å². The number of unbranched alkanes of at least 4 members (excludes halogenated alkanes) is 1. The maximum atomic E-state index is 5.85. The van der Waals surface area contributed by atoms with E-state index in [0.29, 0.717) is 11.7 Å². The SMILES string of the molecule is [CH]=C(OC)c1[c]ccc(OCC(CC)CCCC)c1. The van der Waals surface area contributed by atoms with Crippen LogP contribution in [0.1, 0.15) is 45.1 Å². The van der Waals surface area contributed by atoms with Gasteiger partial charge in [-0.1, -0.05) is 33.1 Å². The highest BCUT2D eigenvalue weighted by molar-refractivity contribution is 5.57. The number of methoxy groups -OCH3 is 1. The fraction of sp³-hybridized carbons (Fsp3) is 0.529. The highest BCUT2D eigenvalue weighted by Gasteiger charge is 2.08. The van der Waals surface area contributed by atoms with Crippen molar-refractivity contribution in [3.8, 4) is 5.75 Å². The van der Waals surface area contributed by atoms with Crippen molar-refractivity contribution in [3.63, 3.8) is 0 Å². The summed E-state index contributed by atoms with van der Waals surface area (Å²) in [7, 11) is 1.55. The first-order chi connectivity index (χ1) is 9.21. The Kier molecular flexibility index (Phi) is 7.09. The Balaban J connectivity index is 2.54. The molecule has 0 aliphatic heterocycles. The fourth-order valence-electron chi connectivity index (χ4n) is 1.90. The smallest absolute Gasteiger partial charge is 0.126 e. The molecular formula is C17H24O2. The van der Waals surface area contributed by atoms with Gasteiger partial charge in [-0.05, 0) is 43.2 Å². The van der Waals surface area contributed by atoms with Crippen LogP contribution >= 0.6 is 0 Å². The Morgan fingerprint density at radius 2 is 2.21 bits per heavy atom. The maximum Gasteiger partial charge on any atom is 0.126 e. The van der Waals surface area contributed by atoms with Gasteiger partial charge in [-0.3, -0.25) is 0 Å². The van der Waals surface area contributed by atoms with Crippen LogP contribution < -0.4 is 4.74 Å². The lowest BCUT2D eigenvalue weighted by atomic mass is 10.0. The zero-order valence-electron chi connectivity index (χ0n) is 12.2. The van der Waals surface area contributed by atoms with Gasteiger partial charge in [0.25, 0.3) is 0 Å². The Morgan fingerprint density at radius 1 is 1.42 bits per heavy atom. The second-order valence-corrected chi connectivity index (χ2v) is 4.73. The van der Waals surface area contributed by atoms with E-state index in [-0.39, 0.29) is 0 Å². The van der Waals surface area contributed by atoms with Crippen LogP contribution in [0.5, 0.6) is 5.75 Å². The summed E-state index contributed by atoms with van der Waals surface area (Å²) in [4.78, 5) is 0. The molecule has 2 nitrogen and oxygen atoms in total. The number of hydrogen-bond acceptors (Lipinski definition) is 2. The first-order valence-corrected chi connectivity index (χ1v) is 7.02. The zero-order valence-corrected chi connectivity index (χ0v) is 12.2. The predicted octanol–water partition coefficient (Wildman–Crippen LogP) is 4.50. The average Bonchev–Trinajstić information content (AvgIpc) is 2.47. The molecule has 19 heavy (non-hydrogen) atoms. The molecule has 0 amide bonds. The van der Waals surface area contributed by atoms with Gasteiger partial charge in [-0.15, -0.1) is 0 Å². The van der Waals surface area contributed by atoms with Gasteiger partial charge in [0, 0.05) is 5.56 Å². The topological polar surface area (TPSA) is 18.5 Å². The van der Waals surface area contributed by atoms with Gasteiger partial charge in [0.2, 0.25) is 0 Å². The molecule has 0 spiro atoms. The van der Waals surface area contributed by atoms with Gasteiger partial charge in [-0.25, -0.2) is 0 Å². The van der Waals surface area contributed by atoms with Crippen LogP contribution in [-0.2, 0) is 4.74 Å². The molecule has 1 aromatic rings. The first kappa shape index (κ1) is 15.6. The third-order valence-electron chi connectivity index (χ3n) is 3.29. The maximum absolute atomic E-state index is 5.85. The van der Waals surface area contributed by atoms with E-state index in [2.05, 4.69) is 19.9 Å². The van der Waals surface area contributed by atoms with Crippen molar-refractivity contribution in [1.82, 2.24) is 0 Å². The minimum absolute atomic E-state index is 0.364. The second kappa shape index (κ2) is 8.63. The van der Waals surface area contributed by atoms with Crippen molar-refractivity contribution < 1.29 is 9.47 Å². The summed E-state index contributed by atoms with van der Waals surface area (Å²) in [6, 6.07) is 8.61. The second-order valence-electron chi connectivity index (χ2n) is 4.73. The minimum atomic E-state index is 0.364. The number of rotatable bonds is 9. The Hall–Kier alpha value is -1.44. The zero-order chi connectivity index (χ0) is 14.1. The molecule has 0 N–H and O–H groups in total. The minimum Gasteiger partial charge on any atom is -0.496 e. The normalized spacial score (nSPS) is 11.9. The molecule has 0 fully saturated rings. The molecule has 2 radical (unpaired) electrons. The Bertz CT molecular complexity index is 385. The van der Waals surface area contributed by atoms with E-state index >= 15 is 0 Å². The molecule has 0 saturated carbocycles. The Morgan fingerprint density at radius 3 is 2.84 bits per heavy atom. The monoisotopic (exact) mass is 260 g/mol. The molecule has 0 aromatic heterocycles. The molecule has 0 saturated heterocycles. The van der Waals surface area contributed by atoms with Crippen molar-refractivity contribution in [2.24, 2.45) is 5.92 Å². The van der Waals surface area contributed by atoms with Crippen molar-refractivity contribution in [2.45, 2.75) is 39.5 Å². The van der Waals surface area contributed by atoms with Gasteiger partial charge in [0.05, 0.1) is 13.7 Å². The molecule has 0 aliphatic rings. The Labute approximate surface area is 117 Å². The van der Waals surface area contributed by atoms with Crippen LogP contribution in [0.3, 0.4) is 0 Å². The summed E-state index contributed by atoms with van der Waals surface area (Å²) in [5.41, 5.74) is 0.738. The third kappa shape index (κ3) is 5.37.